The first-order valence-electron chi connectivity index (χ1n) is 16.8. The van der Waals surface area contributed by atoms with Gasteiger partial charge in [0, 0.05) is 60.6 Å². The number of aliphatic carboxylic acids is 1. The number of hydrogen-bond donors (Lipinski definition) is 1. The number of hydrogen-bond acceptors (Lipinski definition) is 7. The molecule has 0 spiro atoms. The van der Waals surface area contributed by atoms with Gasteiger partial charge < -0.3 is 19.3 Å². The lowest BCUT2D eigenvalue weighted by molar-refractivity contribution is -0.129. The van der Waals surface area contributed by atoms with E-state index in [4.69, 9.17) is 27.9 Å². The molecule has 0 unspecified atom stereocenters. The molecule has 2 aromatic heterocycles. The third-order valence-corrected chi connectivity index (χ3v) is 9.93. The molecule has 11 nitrogen and oxygen atoms in total. The number of rotatable bonds is 8. The number of aromatic nitrogens is 3. The predicted molar refractivity (Wildman–Crippen MR) is 204 cm³/mol. The van der Waals surface area contributed by atoms with Crippen molar-refractivity contribution in [1.29, 1.82) is 0 Å². The molecule has 0 radical (unpaired) electrons. The molecular weight excluding hydrogens is 689 g/mol. The molecule has 0 atom stereocenters. The van der Waals surface area contributed by atoms with E-state index in [1.807, 2.05) is 77.5 Å². The second kappa shape index (κ2) is 15.2. The molecule has 2 aliphatic rings. The maximum atomic E-state index is 14.7. The highest BCUT2D eigenvalue weighted by molar-refractivity contribution is 6.59. The average molecular weight is 733 g/mol. The van der Waals surface area contributed by atoms with Crippen LogP contribution in [0.4, 0.5) is 0 Å². The molecule has 268 valence electrons. The smallest absolute Gasteiger partial charge is 0.356 e. The van der Waals surface area contributed by atoms with E-state index < -0.39 is 5.97 Å². The Bertz CT molecular complexity index is 2140. The van der Waals surface area contributed by atoms with Crippen molar-refractivity contribution in [2.45, 2.75) is 60.9 Å². The maximum Gasteiger partial charge on any atom is 0.356 e. The van der Waals surface area contributed by atoms with Crippen LogP contribution in [0, 0.1) is 27.7 Å². The van der Waals surface area contributed by atoms with E-state index in [0.29, 0.717) is 42.4 Å². The van der Waals surface area contributed by atoms with Gasteiger partial charge in [-0.25, -0.2) is 9.79 Å². The number of carbonyl (C=O) groups excluding carboxylic acids is 1. The fourth-order valence-electron chi connectivity index (χ4n) is 6.67. The Balaban J connectivity index is 0.00000248. The monoisotopic (exact) mass is 731 g/mol. The molecule has 51 heavy (non-hydrogen) atoms. The highest BCUT2D eigenvalue weighted by Gasteiger charge is 2.35. The Kier molecular flexibility index (Phi) is 11.1. The highest BCUT2D eigenvalue weighted by atomic mass is 35.5. The van der Waals surface area contributed by atoms with Crippen molar-refractivity contribution in [3.05, 3.63) is 92.3 Å². The Morgan fingerprint density at radius 3 is 2.35 bits per heavy atom. The summed E-state index contributed by atoms with van der Waals surface area (Å²) in [5, 5.41) is 22.1. The number of fused-ring (bicyclic) bond motifs is 3. The molecular formula is C38H43Cl2N7O4. The number of hydrazone groups is 1. The molecule has 0 aliphatic carbocycles. The molecule has 0 fully saturated rings. The molecule has 1 amide bonds. The quantitative estimate of drug-likeness (QED) is 0.184. The summed E-state index contributed by atoms with van der Waals surface area (Å²) >= 11 is 13.4. The SMILES string of the molecule is C=C1N=C(C(=O)O)/C=N\N(C)/C=C\1N1CCn2c(c(CCCOc3cc(C)c(Cl)c(C)c3)c3ccc(Cl)c(-c4c(C)nn(C)c4C)c32)C1=O.CC. The van der Waals surface area contributed by atoms with Crippen LogP contribution in [0.1, 0.15) is 58.8 Å². The van der Waals surface area contributed by atoms with Crippen LogP contribution in [0.3, 0.4) is 0 Å². The third kappa shape index (κ3) is 7.05. The summed E-state index contributed by atoms with van der Waals surface area (Å²) in [6.45, 7) is 17.0. The largest absolute Gasteiger partial charge is 0.494 e. The predicted octanol–water partition coefficient (Wildman–Crippen LogP) is 7.89. The second-order valence-corrected chi connectivity index (χ2v) is 13.1. The fourth-order valence-corrected chi connectivity index (χ4v) is 7.02. The molecule has 4 heterocycles. The molecule has 0 saturated heterocycles. The van der Waals surface area contributed by atoms with E-state index in [-0.39, 0.29) is 23.9 Å². The number of aryl methyl sites for hydroxylation is 5. The first kappa shape index (κ1) is 37.4. The molecule has 6 rings (SSSR count). The second-order valence-electron chi connectivity index (χ2n) is 12.3. The zero-order valence-electron chi connectivity index (χ0n) is 30.3. The van der Waals surface area contributed by atoms with Gasteiger partial charge in [-0.2, -0.15) is 10.2 Å². The van der Waals surface area contributed by atoms with Crippen LogP contribution in [0.15, 0.2) is 58.5 Å². The maximum absolute atomic E-state index is 14.7. The molecule has 0 saturated carbocycles. The number of carboxylic acids is 1. The summed E-state index contributed by atoms with van der Waals surface area (Å²) in [6.07, 6.45) is 3.95. The van der Waals surface area contributed by atoms with E-state index in [2.05, 4.69) is 26.3 Å². The Morgan fingerprint density at radius 1 is 1.04 bits per heavy atom. The average Bonchev–Trinajstić information content (AvgIpc) is 3.54. The first-order valence-corrected chi connectivity index (χ1v) is 17.6. The summed E-state index contributed by atoms with van der Waals surface area (Å²) in [7, 11) is 3.56. The number of nitrogens with zero attached hydrogens (tertiary/aromatic N) is 7. The van der Waals surface area contributed by atoms with Crippen molar-refractivity contribution >= 4 is 57.9 Å². The number of carbonyl (C=O) groups is 2. The number of carboxylic acid groups (broad SMARTS) is 1. The van der Waals surface area contributed by atoms with Crippen molar-refractivity contribution in [3.63, 3.8) is 0 Å². The van der Waals surface area contributed by atoms with Crippen LogP contribution in [0.2, 0.25) is 10.0 Å². The zero-order chi connectivity index (χ0) is 37.3. The molecule has 4 aromatic rings. The van der Waals surface area contributed by atoms with Gasteiger partial charge in [0.25, 0.3) is 5.91 Å². The highest BCUT2D eigenvalue weighted by Crippen LogP contribution is 2.43. The van der Waals surface area contributed by atoms with Gasteiger partial charge in [-0.15, -0.1) is 0 Å². The van der Waals surface area contributed by atoms with Crippen LogP contribution < -0.4 is 4.74 Å². The topological polar surface area (TPSA) is 118 Å². The van der Waals surface area contributed by atoms with Crippen LogP contribution >= 0.6 is 23.2 Å². The minimum Gasteiger partial charge on any atom is -0.494 e. The van der Waals surface area contributed by atoms with Crippen molar-refractivity contribution < 1.29 is 19.4 Å². The van der Waals surface area contributed by atoms with E-state index in [9.17, 15) is 14.7 Å². The van der Waals surface area contributed by atoms with Gasteiger partial charge >= 0.3 is 5.97 Å². The molecule has 2 aliphatic heterocycles. The lowest BCUT2D eigenvalue weighted by Gasteiger charge is -2.32. The third-order valence-electron chi connectivity index (χ3n) is 9.01. The minimum absolute atomic E-state index is 0.141. The minimum atomic E-state index is -1.25. The number of ether oxygens (including phenoxy) is 1. The van der Waals surface area contributed by atoms with Crippen LogP contribution in [0.25, 0.3) is 22.0 Å². The van der Waals surface area contributed by atoms with Gasteiger partial charge in [-0.05, 0) is 75.4 Å². The first-order chi connectivity index (χ1) is 24.3. The van der Waals surface area contributed by atoms with Crippen LogP contribution in [-0.2, 0) is 24.8 Å². The van der Waals surface area contributed by atoms with Crippen molar-refractivity contribution in [3.8, 4) is 16.9 Å². The van der Waals surface area contributed by atoms with Gasteiger partial charge in [0.15, 0.2) is 5.71 Å². The summed E-state index contributed by atoms with van der Waals surface area (Å²) in [5.74, 6) is -0.769. The molecule has 13 heteroatoms. The number of amides is 1. The van der Waals surface area contributed by atoms with Gasteiger partial charge in [0.1, 0.15) is 11.4 Å². The molecule has 2 aromatic carbocycles. The molecule has 0 bridgehead atoms. The zero-order valence-corrected chi connectivity index (χ0v) is 31.8. The normalized spacial score (nSPS) is 16.1. The van der Waals surface area contributed by atoms with Gasteiger partial charge in [0.05, 0.1) is 40.4 Å². The Hall–Kier alpha value is -4.87. The Labute approximate surface area is 308 Å². The standard InChI is InChI=1S/C36H37Cl2N7O4.C2H6/c1-19-15-24(16-20(2)32(19)38)49-14-8-9-25-26-10-11-27(37)31(30-22(4)41-43(7)23(30)5)33(26)45-13-12-44(35(46)34(25)45)29-18-42(6)39-17-28(36(47)48)40-21(29)3;1-2/h10-11,15-18H,3,8-9,12-14H2,1-2,4-7H3,(H,47,48);1-2H3/b29-18+,39-17-,40-28?;. The van der Waals surface area contributed by atoms with E-state index in [1.54, 1.807) is 18.1 Å². The molecule has 1 N–H and O–H groups in total. The Morgan fingerprint density at radius 2 is 1.73 bits per heavy atom. The lowest BCUT2D eigenvalue weighted by Crippen LogP contribution is -2.41. The van der Waals surface area contributed by atoms with Crippen molar-refractivity contribution in [2.24, 2.45) is 17.1 Å². The van der Waals surface area contributed by atoms with Crippen molar-refractivity contribution in [2.75, 3.05) is 20.2 Å². The van der Waals surface area contributed by atoms with Crippen LogP contribution in [0.5, 0.6) is 5.75 Å². The number of aliphatic imine (C=N–C) groups is 1. The summed E-state index contributed by atoms with van der Waals surface area (Å²) in [5.41, 5.74) is 7.93. The van der Waals surface area contributed by atoms with E-state index in [0.717, 1.165) is 67.1 Å². The fraction of sp³-hybridized carbons (Fsp3) is 0.342. The lowest BCUT2D eigenvalue weighted by atomic mass is 9.98. The summed E-state index contributed by atoms with van der Waals surface area (Å²) in [4.78, 5) is 32.3. The summed E-state index contributed by atoms with van der Waals surface area (Å²) < 4.78 is 10.0. The van der Waals surface area contributed by atoms with Crippen LogP contribution in [-0.4, -0.2) is 73.4 Å². The number of benzene rings is 2. The number of halogens is 2. The van der Waals surface area contributed by atoms with E-state index in [1.165, 1.54) is 5.01 Å². The van der Waals surface area contributed by atoms with E-state index >= 15 is 0 Å². The van der Waals surface area contributed by atoms with Crippen molar-refractivity contribution in [1.82, 2.24) is 24.3 Å². The van der Waals surface area contributed by atoms with Gasteiger partial charge in [-0.3, -0.25) is 14.5 Å². The summed E-state index contributed by atoms with van der Waals surface area (Å²) in [6, 6.07) is 7.71. The van der Waals surface area contributed by atoms with Gasteiger partial charge in [-0.1, -0.05) is 49.7 Å². The van der Waals surface area contributed by atoms with Gasteiger partial charge in [0.2, 0.25) is 0 Å².